The average Bonchev–Trinajstić information content (AvgIpc) is 3.16. The molecule has 0 saturated heterocycles. The first kappa shape index (κ1) is 19.6. The van der Waals surface area contributed by atoms with Crippen molar-refractivity contribution in [2.75, 3.05) is 19.5 Å². The lowest BCUT2D eigenvalue weighted by Gasteiger charge is -2.08. The largest absolute Gasteiger partial charge is 0.497 e. The number of nitrogens with zero attached hydrogens (tertiary/aromatic N) is 1. The van der Waals surface area contributed by atoms with Gasteiger partial charge >= 0.3 is 5.97 Å². The van der Waals surface area contributed by atoms with Crippen LogP contribution in [0.15, 0.2) is 24.3 Å². The van der Waals surface area contributed by atoms with Crippen molar-refractivity contribution in [1.29, 1.82) is 0 Å². The van der Waals surface area contributed by atoms with Gasteiger partial charge in [0.15, 0.2) is 0 Å². The number of hydrogen-bond acceptors (Lipinski definition) is 7. The van der Waals surface area contributed by atoms with Crippen LogP contribution in [0.25, 0.3) is 10.2 Å². The quantitative estimate of drug-likeness (QED) is 0.518. The van der Waals surface area contributed by atoms with Crippen LogP contribution in [0.3, 0.4) is 0 Å². The number of carbonyl (C=O) groups is 3. The summed E-state index contributed by atoms with van der Waals surface area (Å²) in [4.78, 5) is 38.5. The molecule has 0 saturated carbocycles. The van der Waals surface area contributed by atoms with Crippen molar-refractivity contribution >= 4 is 44.9 Å². The molecule has 3 aromatic rings. The van der Waals surface area contributed by atoms with E-state index in [0.29, 0.717) is 32.0 Å². The van der Waals surface area contributed by atoms with E-state index in [9.17, 15) is 14.4 Å². The van der Waals surface area contributed by atoms with Gasteiger partial charge in [0.2, 0.25) is 11.7 Å². The van der Waals surface area contributed by atoms with E-state index in [0.717, 1.165) is 11.3 Å². The topological polar surface area (TPSA) is 101 Å². The average molecular weight is 400 g/mol. The molecule has 0 aliphatic heterocycles. The highest BCUT2D eigenvalue weighted by Crippen LogP contribution is 2.40. The van der Waals surface area contributed by atoms with E-state index >= 15 is 0 Å². The molecule has 0 atom stereocenters. The van der Waals surface area contributed by atoms with Crippen LogP contribution in [0.4, 0.5) is 5.69 Å². The predicted octanol–water partition coefficient (Wildman–Crippen LogP) is 3.67. The van der Waals surface area contributed by atoms with E-state index in [4.69, 9.17) is 15.2 Å². The molecule has 0 bridgehead atoms. The van der Waals surface area contributed by atoms with E-state index in [1.807, 2.05) is 0 Å². The van der Waals surface area contributed by atoms with E-state index in [1.54, 1.807) is 38.1 Å². The molecule has 1 aromatic carbocycles. The van der Waals surface area contributed by atoms with Gasteiger partial charge in [-0.05, 0) is 43.7 Å². The number of esters is 1. The van der Waals surface area contributed by atoms with Gasteiger partial charge < -0.3 is 15.2 Å². The van der Waals surface area contributed by atoms with Gasteiger partial charge in [0.1, 0.15) is 21.2 Å². The Labute approximate surface area is 165 Å². The van der Waals surface area contributed by atoms with Gasteiger partial charge in [-0.1, -0.05) is 0 Å². The van der Waals surface area contributed by atoms with Crippen molar-refractivity contribution in [1.82, 2.24) is 4.57 Å². The van der Waals surface area contributed by atoms with Gasteiger partial charge in [-0.2, -0.15) is 0 Å². The SMILES string of the molecule is CCOC(=O)c1sc2c(c1C)c(N)c(C(=O)c1ccc(OC)cc1)n2C(C)=O. The van der Waals surface area contributed by atoms with Crippen LogP contribution < -0.4 is 10.5 Å². The Bertz CT molecular complexity index is 1090. The number of rotatable bonds is 5. The summed E-state index contributed by atoms with van der Waals surface area (Å²) in [5.41, 5.74) is 7.54. The number of ketones is 1. The molecule has 0 aliphatic rings. The Balaban J connectivity index is 2.21. The van der Waals surface area contributed by atoms with Crippen LogP contribution in [0.2, 0.25) is 0 Å². The maximum atomic E-state index is 13.1. The molecular weight excluding hydrogens is 380 g/mol. The van der Waals surface area contributed by atoms with Crippen LogP contribution in [0.1, 0.15) is 49.9 Å². The number of benzene rings is 1. The maximum absolute atomic E-state index is 13.1. The lowest BCUT2D eigenvalue weighted by Crippen LogP contribution is -2.16. The summed E-state index contributed by atoms with van der Waals surface area (Å²) >= 11 is 1.10. The molecule has 2 heterocycles. The maximum Gasteiger partial charge on any atom is 0.348 e. The van der Waals surface area contributed by atoms with Crippen molar-refractivity contribution in [3.05, 3.63) is 46.0 Å². The molecule has 2 N–H and O–H groups in total. The third kappa shape index (κ3) is 3.05. The second-order valence-corrected chi connectivity index (χ2v) is 7.13. The minimum absolute atomic E-state index is 0.0948. The van der Waals surface area contributed by atoms with Gasteiger partial charge in [0, 0.05) is 17.9 Å². The monoisotopic (exact) mass is 400 g/mol. The Hall–Kier alpha value is -3.13. The fourth-order valence-electron chi connectivity index (χ4n) is 3.11. The smallest absolute Gasteiger partial charge is 0.348 e. The summed E-state index contributed by atoms with van der Waals surface area (Å²) < 4.78 is 11.5. The predicted molar refractivity (Wildman–Crippen MR) is 108 cm³/mol. The molecule has 8 heteroatoms. The van der Waals surface area contributed by atoms with Crippen LogP contribution in [-0.2, 0) is 4.74 Å². The molecule has 2 aromatic heterocycles. The molecule has 0 radical (unpaired) electrons. The highest BCUT2D eigenvalue weighted by atomic mass is 32.1. The summed E-state index contributed by atoms with van der Waals surface area (Å²) in [5, 5.41) is 0.528. The summed E-state index contributed by atoms with van der Waals surface area (Å²) in [7, 11) is 1.54. The number of anilines is 1. The van der Waals surface area contributed by atoms with E-state index in [2.05, 4.69) is 0 Å². The minimum atomic E-state index is -0.473. The summed E-state index contributed by atoms with van der Waals surface area (Å²) in [5.74, 6) is -0.604. The highest BCUT2D eigenvalue weighted by Gasteiger charge is 2.29. The molecule has 28 heavy (non-hydrogen) atoms. The zero-order valence-electron chi connectivity index (χ0n) is 16.0. The zero-order chi connectivity index (χ0) is 20.6. The molecule has 146 valence electrons. The second-order valence-electron chi connectivity index (χ2n) is 6.13. The number of fused-ring (bicyclic) bond motifs is 1. The number of carbonyl (C=O) groups excluding carboxylic acids is 3. The number of aryl methyl sites for hydroxylation is 1. The molecular formula is C20H20N2O5S. The second kappa shape index (κ2) is 7.47. The van der Waals surface area contributed by atoms with Crippen molar-refractivity contribution in [3.8, 4) is 5.75 Å². The van der Waals surface area contributed by atoms with Crippen molar-refractivity contribution in [2.24, 2.45) is 0 Å². The fraction of sp³-hybridized carbons (Fsp3) is 0.250. The zero-order valence-corrected chi connectivity index (χ0v) is 16.8. The van der Waals surface area contributed by atoms with Crippen molar-refractivity contribution < 1.29 is 23.9 Å². The Morgan fingerprint density at radius 1 is 1.18 bits per heavy atom. The van der Waals surface area contributed by atoms with Gasteiger partial charge in [-0.15, -0.1) is 11.3 Å². The number of hydrogen-bond donors (Lipinski definition) is 1. The third-order valence-electron chi connectivity index (χ3n) is 4.42. The summed E-state index contributed by atoms with van der Waals surface area (Å²) in [6.07, 6.45) is 0. The number of nitrogens with two attached hydrogens (primary N) is 1. The highest BCUT2D eigenvalue weighted by molar-refractivity contribution is 7.21. The number of aromatic nitrogens is 1. The molecule has 0 amide bonds. The number of methoxy groups -OCH3 is 1. The molecule has 7 nitrogen and oxygen atoms in total. The number of nitrogen functional groups attached to an aromatic ring is 1. The minimum Gasteiger partial charge on any atom is -0.497 e. The van der Waals surface area contributed by atoms with Gasteiger partial charge in [-0.25, -0.2) is 4.79 Å². The summed E-state index contributed by atoms with van der Waals surface area (Å²) in [6, 6.07) is 6.56. The van der Waals surface area contributed by atoms with Crippen LogP contribution >= 0.6 is 11.3 Å². The molecule has 0 spiro atoms. The molecule has 0 unspecified atom stereocenters. The van der Waals surface area contributed by atoms with Gasteiger partial charge in [0.05, 0.1) is 19.4 Å². The lowest BCUT2D eigenvalue weighted by molar-refractivity contribution is 0.0531. The first-order valence-corrected chi connectivity index (χ1v) is 9.43. The fourth-order valence-corrected chi connectivity index (χ4v) is 4.38. The van der Waals surface area contributed by atoms with Crippen LogP contribution in [-0.4, -0.2) is 35.9 Å². The van der Waals surface area contributed by atoms with Crippen molar-refractivity contribution in [2.45, 2.75) is 20.8 Å². The Morgan fingerprint density at radius 3 is 2.36 bits per heavy atom. The van der Waals surface area contributed by atoms with Gasteiger partial charge in [-0.3, -0.25) is 14.2 Å². The third-order valence-corrected chi connectivity index (χ3v) is 5.68. The molecule has 3 rings (SSSR count). The number of thiophene rings is 1. The Morgan fingerprint density at radius 2 is 1.82 bits per heavy atom. The van der Waals surface area contributed by atoms with E-state index in [-0.39, 0.29) is 29.7 Å². The Kier molecular flexibility index (Phi) is 5.24. The first-order valence-electron chi connectivity index (χ1n) is 8.61. The standard InChI is InChI=1S/C20H20N2O5S/c1-5-27-20(25)18-10(2)14-15(21)16(22(11(3)23)19(14)28-18)17(24)12-6-8-13(26-4)9-7-12/h6-9H,5,21H2,1-4H3. The van der Waals surface area contributed by atoms with E-state index < -0.39 is 5.97 Å². The number of ether oxygens (including phenoxy) is 2. The summed E-state index contributed by atoms with van der Waals surface area (Å²) in [6.45, 7) is 5.04. The first-order chi connectivity index (χ1) is 13.3. The van der Waals surface area contributed by atoms with Crippen LogP contribution in [0.5, 0.6) is 5.75 Å². The normalized spacial score (nSPS) is 10.9. The lowest BCUT2D eigenvalue weighted by atomic mass is 10.1. The van der Waals surface area contributed by atoms with E-state index in [1.165, 1.54) is 18.6 Å². The molecule has 0 aliphatic carbocycles. The van der Waals surface area contributed by atoms with Crippen molar-refractivity contribution in [3.63, 3.8) is 0 Å². The molecule has 0 fully saturated rings. The van der Waals surface area contributed by atoms with Crippen LogP contribution in [0, 0.1) is 6.92 Å². The van der Waals surface area contributed by atoms with Gasteiger partial charge in [0.25, 0.3) is 0 Å².